The minimum absolute atomic E-state index is 0.0766. The van der Waals surface area contributed by atoms with Gasteiger partial charge in [-0.2, -0.15) is 0 Å². The molecule has 2 N–H and O–H groups in total. The summed E-state index contributed by atoms with van der Waals surface area (Å²) in [5.74, 6) is 2.54. The molecular weight excluding hydrogens is 581 g/mol. The fraction of sp³-hybridized carbons (Fsp3) is 0.286. The molecule has 0 aliphatic heterocycles. The molecule has 0 aliphatic rings. The molecule has 0 saturated heterocycles. The summed E-state index contributed by atoms with van der Waals surface area (Å²) >= 11 is 6.51. The summed E-state index contributed by atoms with van der Waals surface area (Å²) in [4.78, 5) is 20.1. The number of carbonyl (C=O) groups is 1. The van der Waals surface area contributed by atoms with Crippen molar-refractivity contribution in [3.63, 3.8) is 0 Å². The summed E-state index contributed by atoms with van der Waals surface area (Å²) < 4.78 is 25.2. The Morgan fingerprint density at radius 1 is 0.909 bits per heavy atom. The van der Waals surface area contributed by atoms with E-state index in [1.165, 1.54) is 18.5 Å². The van der Waals surface area contributed by atoms with Gasteiger partial charge in [-0.15, -0.1) is 0 Å². The lowest BCUT2D eigenvalue weighted by Gasteiger charge is -2.12. The van der Waals surface area contributed by atoms with Gasteiger partial charge in [-0.05, 0) is 79.1 Å². The summed E-state index contributed by atoms with van der Waals surface area (Å²) in [6.07, 6.45) is 9.11. The first kappa shape index (κ1) is 31.2. The number of aromatic nitrogens is 2. The number of anilines is 2. The predicted octanol–water partition coefficient (Wildman–Crippen LogP) is 8.84. The maximum Gasteiger partial charge on any atom is 0.158 e. The number of halogens is 2. The number of nitrogens with one attached hydrogen (secondary N) is 1. The molecule has 0 radical (unpaired) electrons. The van der Waals surface area contributed by atoms with Crippen LogP contribution < -0.4 is 10.1 Å². The Balaban J connectivity index is 1.17. The van der Waals surface area contributed by atoms with Gasteiger partial charge in [0.25, 0.3) is 0 Å². The van der Waals surface area contributed by atoms with E-state index < -0.39 is 0 Å². The molecule has 3 aromatic carbocycles. The van der Waals surface area contributed by atoms with E-state index in [2.05, 4.69) is 15.3 Å². The van der Waals surface area contributed by atoms with Gasteiger partial charge in [0, 0.05) is 29.5 Å². The van der Waals surface area contributed by atoms with Crippen LogP contribution in [0.5, 0.6) is 5.75 Å². The number of fused-ring (bicyclic) bond motifs is 1. The second kappa shape index (κ2) is 15.5. The fourth-order valence-electron chi connectivity index (χ4n) is 4.96. The monoisotopic (exact) mass is 615 g/mol. The van der Waals surface area contributed by atoms with Crippen LogP contribution in [0.2, 0.25) is 5.02 Å². The van der Waals surface area contributed by atoms with Crippen LogP contribution in [0.25, 0.3) is 22.2 Å². The Labute approximate surface area is 261 Å². The SMILES string of the molecule is O=C(CO)CCCCCCCCc1ccc(-c2ccc3ncnc(Nc4ccc(OCc5ccc(F)cc5)c(Cl)c4)c3c2)o1. The summed E-state index contributed by atoms with van der Waals surface area (Å²) in [6.45, 7) is -0.0731. The zero-order chi connectivity index (χ0) is 30.7. The maximum absolute atomic E-state index is 13.2. The highest BCUT2D eigenvalue weighted by molar-refractivity contribution is 6.32. The number of unbranched alkanes of at least 4 members (excludes halogenated alkanes) is 5. The second-order valence-electron chi connectivity index (χ2n) is 10.7. The first-order valence-corrected chi connectivity index (χ1v) is 15.3. The third-order valence-electron chi connectivity index (χ3n) is 7.39. The number of aliphatic hydroxyl groups is 1. The van der Waals surface area contributed by atoms with E-state index in [0.717, 1.165) is 84.2 Å². The topological polar surface area (TPSA) is 97.5 Å². The number of aliphatic hydroxyl groups excluding tert-OH is 1. The van der Waals surface area contributed by atoms with Gasteiger partial charge in [-0.1, -0.05) is 49.4 Å². The number of aryl methyl sites for hydroxylation is 1. The number of ether oxygens (including phenoxy) is 1. The highest BCUT2D eigenvalue weighted by atomic mass is 35.5. The molecule has 0 unspecified atom stereocenters. The lowest BCUT2D eigenvalue weighted by molar-refractivity contribution is -0.121. The Hall–Kier alpha value is -4.27. The number of Topliss-reactive ketones (excluding diaryl/α,β-unsaturated/α-hetero) is 1. The van der Waals surface area contributed by atoms with Gasteiger partial charge in [-0.25, -0.2) is 14.4 Å². The molecule has 0 saturated carbocycles. The third-order valence-corrected chi connectivity index (χ3v) is 7.68. The largest absolute Gasteiger partial charge is 0.487 e. The first-order valence-electron chi connectivity index (χ1n) is 14.9. The molecule has 5 aromatic rings. The van der Waals surface area contributed by atoms with Gasteiger partial charge in [-0.3, -0.25) is 4.79 Å². The standard InChI is InChI=1S/C35H35ClFN3O4/c36-31-20-27(14-17-34(31)43-22-24-9-12-26(37)13-10-24)40-35-30-19-25(11-16-32(30)38-23-39-35)33-18-15-29(44-33)8-6-4-2-1-3-5-7-28(42)21-41/h9-20,23,41H,1-8,21-22H2,(H,38,39,40). The highest BCUT2D eigenvalue weighted by Gasteiger charge is 2.11. The molecule has 7 nitrogen and oxygen atoms in total. The molecule has 2 heterocycles. The number of hydrogen-bond donors (Lipinski definition) is 2. The number of ketones is 1. The number of furan rings is 1. The predicted molar refractivity (Wildman–Crippen MR) is 171 cm³/mol. The zero-order valence-electron chi connectivity index (χ0n) is 24.4. The highest BCUT2D eigenvalue weighted by Crippen LogP contribution is 2.33. The number of nitrogens with zero attached hydrogens (tertiary/aromatic N) is 2. The lowest BCUT2D eigenvalue weighted by atomic mass is 10.1. The smallest absolute Gasteiger partial charge is 0.158 e. The van der Waals surface area contributed by atoms with E-state index in [1.807, 2.05) is 36.4 Å². The minimum Gasteiger partial charge on any atom is -0.487 e. The van der Waals surface area contributed by atoms with Gasteiger partial charge in [0.2, 0.25) is 0 Å². The van der Waals surface area contributed by atoms with Crippen LogP contribution in [0.15, 0.2) is 83.5 Å². The summed E-state index contributed by atoms with van der Waals surface area (Å²) in [5, 5.41) is 13.4. The van der Waals surface area contributed by atoms with Gasteiger partial charge >= 0.3 is 0 Å². The van der Waals surface area contributed by atoms with Crippen LogP contribution in [0.1, 0.15) is 56.3 Å². The van der Waals surface area contributed by atoms with E-state index >= 15 is 0 Å². The normalized spacial score (nSPS) is 11.2. The molecule has 228 valence electrons. The van der Waals surface area contributed by atoms with Crippen molar-refractivity contribution >= 4 is 39.8 Å². The van der Waals surface area contributed by atoms with Crippen molar-refractivity contribution in [2.75, 3.05) is 11.9 Å². The number of rotatable bonds is 16. The Bertz CT molecular complexity index is 1690. The minimum atomic E-state index is -0.348. The summed E-state index contributed by atoms with van der Waals surface area (Å²) in [7, 11) is 0. The quantitative estimate of drug-likeness (QED) is 0.107. The molecule has 0 amide bonds. The molecule has 0 bridgehead atoms. The molecule has 5 rings (SSSR count). The van der Waals surface area contributed by atoms with E-state index in [1.54, 1.807) is 24.3 Å². The van der Waals surface area contributed by atoms with Crippen LogP contribution in [0, 0.1) is 5.82 Å². The molecule has 0 aliphatic carbocycles. The molecule has 2 aromatic heterocycles. The number of carbonyl (C=O) groups excluding carboxylic acids is 1. The van der Waals surface area contributed by atoms with Crippen LogP contribution in [-0.2, 0) is 17.8 Å². The van der Waals surface area contributed by atoms with Crippen LogP contribution in [0.3, 0.4) is 0 Å². The van der Waals surface area contributed by atoms with Gasteiger partial charge < -0.3 is 19.6 Å². The molecule has 0 atom stereocenters. The Kier molecular flexibility index (Phi) is 10.9. The van der Waals surface area contributed by atoms with Crippen molar-refractivity contribution in [2.24, 2.45) is 0 Å². The van der Waals surface area contributed by atoms with E-state index in [-0.39, 0.29) is 24.8 Å². The molecule has 9 heteroatoms. The second-order valence-corrected chi connectivity index (χ2v) is 11.1. The lowest BCUT2D eigenvalue weighted by Crippen LogP contribution is -2.02. The zero-order valence-corrected chi connectivity index (χ0v) is 25.2. The molecule has 0 fully saturated rings. The van der Waals surface area contributed by atoms with Crippen molar-refractivity contribution in [3.8, 4) is 17.1 Å². The number of benzene rings is 3. The van der Waals surface area contributed by atoms with Crippen molar-refractivity contribution in [2.45, 2.75) is 58.0 Å². The van der Waals surface area contributed by atoms with Gasteiger partial charge in [0.05, 0.1) is 10.5 Å². The van der Waals surface area contributed by atoms with E-state index in [4.69, 9.17) is 25.9 Å². The molecule has 0 spiro atoms. The van der Waals surface area contributed by atoms with Crippen LogP contribution in [-0.4, -0.2) is 27.5 Å². The maximum atomic E-state index is 13.2. The molecule has 44 heavy (non-hydrogen) atoms. The van der Waals surface area contributed by atoms with E-state index in [0.29, 0.717) is 23.0 Å². The average Bonchev–Trinajstić information content (AvgIpc) is 3.51. The summed E-state index contributed by atoms with van der Waals surface area (Å²) in [6, 6.07) is 21.6. The van der Waals surface area contributed by atoms with Crippen molar-refractivity contribution in [1.29, 1.82) is 0 Å². The fourth-order valence-corrected chi connectivity index (χ4v) is 5.19. The van der Waals surface area contributed by atoms with Gasteiger partial charge in [0.1, 0.15) is 48.4 Å². The summed E-state index contributed by atoms with van der Waals surface area (Å²) in [5.41, 5.74) is 3.31. The first-order chi connectivity index (χ1) is 21.5. The molecular formula is C35H35ClFN3O4. The van der Waals surface area contributed by atoms with Gasteiger partial charge in [0.15, 0.2) is 5.78 Å². The third kappa shape index (κ3) is 8.65. The van der Waals surface area contributed by atoms with Crippen molar-refractivity contribution in [1.82, 2.24) is 9.97 Å². The van der Waals surface area contributed by atoms with Crippen molar-refractivity contribution < 1.29 is 23.4 Å². The van der Waals surface area contributed by atoms with Crippen LogP contribution in [0.4, 0.5) is 15.9 Å². The number of hydrogen-bond acceptors (Lipinski definition) is 7. The van der Waals surface area contributed by atoms with Crippen molar-refractivity contribution in [3.05, 3.63) is 101 Å². The van der Waals surface area contributed by atoms with Crippen LogP contribution >= 0.6 is 11.6 Å². The average molecular weight is 616 g/mol. The Morgan fingerprint density at radius 3 is 2.50 bits per heavy atom. The Morgan fingerprint density at radius 2 is 1.70 bits per heavy atom. The van der Waals surface area contributed by atoms with E-state index in [9.17, 15) is 9.18 Å².